The van der Waals surface area contributed by atoms with E-state index in [9.17, 15) is 4.79 Å². The van der Waals surface area contributed by atoms with E-state index < -0.39 is 5.66 Å². The van der Waals surface area contributed by atoms with Crippen LogP contribution in [0.4, 0.5) is 5.69 Å². The molecule has 1 aliphatic heterocycles. The van der Waals surface area contributed by atoms with Crippen molar-refractivity contribution in [2.24, 2.45) is 0 Å². The summed E-state index contributed by atoms with van der Waals surface area (Å²) in [4.78, 5) is 15.3. The Kier molecular flexibility index (Phi) is 4.63. The molecule has 0 radical (unpaired) electrons. The first-order valence-electron chi connectivity index (χ1n) is 9.07. The molecule has 1 heterocycles. The molecule has 27 heavy (non-hydrogen) atoms. The molecule has 4 heteroatoms. The summed E-state index contributed by atoms with van der Waals surface area (Å²) in [6, 6.07) is 25.6. The number of nitrogens with zero attached hydrogens (tertiary/aromatic N) is 1. The number of amides is 1. The van der Waals surface area contributed by atoms with E-state index in [0.717, 1.165) is 17.7 Å². The first kappa shape index (κ1) is 17.6. The summed E-state index contributed by atoms with van der Waals surface area (Å²) >= 11 is 6.08. The van der Waals surface area contributed by atoms with Crippen molar-refractivity contribution in [3.05, 3.63) is 101 Å². The van der Waals surface area contributed by atoms with Crippen molar-refractivity contribution >= 4 is 23.2 Å². The van der Waals surface area contributed by atoms with Crippen LogP contribution in [-0.2, 0) is 12.1 Å². The molecule has 0 aliphatic carbocycles. The number of nitrogens with one attached hydrogen (secondary N) is 1. The summed E-state index contributed by atoms with van der Waals surface area (Å²) in [7, 11) is 0. The molecular formula is C23H21ClN2O. The van der Waals surface area contributed by atoms with E-state index in [1.165, 1.54) is 5.56 Å². The smallest absolute Gasteiger partial charge is 0.258 e. The standard InChI is InChI=1S/C23H21ClN2O/c1-23(18-11-13-19(24)14-12-18)25-21-10-6-5-9-20(21)22(27)26(23)16-15-17-7-3-2-4-8-17/h2-14,25H,15-16H2,1H3. The molecule has 0 saturated heterocycles. The Bertz CT molecular complexity index is 956. The highest BCUT2D eigenvalue weighted by atomic mass is 35.5. The van der Waals surface area contributed by atoms with Crippen LogP contribution >= 0.6 is 11.6 Å². The van der Waals surface area contributed by atoms with Gasteiger partial charge in [-0.25, -0.2) is 0 Å². The topological polar surface area (TPSA) is 32.3 Å². The van der Waals surface area contributed by atoms with Crippen LogP contribution in [0, 0.1) is 0 Å². The van der Waals surface area contributed by atoms with E-state index >= 15 is 0 Å². The second-order valence-electron chi connectivity index (χ2n) is 6.94. The monoisotopic (exact) mass is 376 g/mol. The molecule has 4 rings (SSSR count). The van der Waals surface area contributed by atoms with Crippen molar-refractivity contribution in [3.8, 4) is 0 Å². The van der Waals surface area contributed by atoms with Gasteiger partial charge in [-0.3, -0.25) is 4.79 Å². The van der Waals surface area contributed by atoms with Gasteiger partial charge in [-0.1, -0.05) is 66.2 Å². The molecule has 136 valence electrons. The molecule has 1 unspecified atom stereocenters. The van der Waals surface area contributed by atoms with Crippen LogP contribution in [0.25, 0.3) is 0 Å². The van der Waals surface area contributed by atoms with E-state index in [1.807, 2.05) is 71.6 Å². The van der Waals surface area contributed by atoms with Gasteiger partial charge >= 0.3 is 0 Å². The fourth-order valence-corrected chi connectivity index (χ4v) is 3.80. The van der Waals surface area contributed by atoms with E-state index in [0.29, 0.717) is 17.1 Å². The Morgan fingerprint density at radius 2 is 1.59 bits per heavy atom. The molecule has 1 N–H and O–H groups in total. The minimum Gasteiger partial charge on any atom is -0.358 e. The molecule has 1 atom stereocenters. The maximum absolute atomic E-state index is 13.4. The zero-order chi connectivity index (χ0) is 18.9. The molecule has 3 aromatic rings. The third-order valence-electron chi connectivity index (χ3n) is 5.19. The van der Waals surface area contributed by atoms with Crippen LogP contribution in [-0.4, -0.2) is 17.4 Å². The molecule has 0 aromatic heterocycles. The van der Waals surface area contributed by atoms with Gasteiger partial charge in [0, 0.05) is 17.3 Å². The summed E-state index contributed by atoms with van der Waals surface area (Å²) in [6.45, 7) is 2.67. The molecule has 0 bridgehead atoms. The number of hydrogen-bond donors (Lipinski definition) is 1. The van der Waals surface area contributed by atoms with Crippen molar-refractivity contribution in [1.82, 2.24) is 4.90 Å². The van der Waals surface area contributed by atoms with Crippen molar-refractivity contribution in [3.63, 3.8) is 0 Å². The number of benzene rings is 3. The Morgan fingerprint density at radius 3 is 2.33 bits per heavy atom. The molecule has 1 amide bonds. The van der Waals surface area contributed by atoms with Gasteiger partial charge in [0.05, 0.1) is 5.56 Å². The number of halogens is 1. The van der Waals surface area contributed by atoms with Crippen molar-refractivity contribution < 1.29 is 4.79 Å². The maximum atomic E-state index is 13.4. The maximum Gasteiger partial charge on any atom is 0.258 e. The van der Waals surface area contributed by atoms with Gasteiger partial charge in [-0.2, -0.15) is 0 Å². The minimum absolute atomic E-state index is 0.0396. The molecular weight excluding hydrogens is 356 g/mol. The number of anilines is 1. The van der Waals surface area contributed by atoms with E-state index in [2.05, 4.69) is 24.4 Å². The lowest BCUT2D eigenvalue weighted by molar-refractivity contribution is 0.0539. The molecule has 3 aromatic carbocycles. The van der Waals surface area contributed by atoms with E-state index in [-0.39, 0.29) is 5.91 Å². The zero-order valence-corrected chi connectivity index (χ0v) is 15.9. The van der Waals surface area contributed by atoms with Gasteiger partial charge in [0.15, 0.2) is 0 Å². The lowest BCUT2D eigenvalue weighted by Gasteiger charge is -2.47. The van der Waals surface area contributed by atoms with Gasteiger partial charge in [-0.15, -0.1) is 0 Å². The fourth-order valence-electron chi connectivity index (χ4n) is 3.67. The average Bonchev–Trinajstić information content (AvgIpc) is 2.69. The van der Waals surface area contributed by atoms with Crippen LogP contribution in [0.5, 0.6) is 0 Å². The molecule has 1 aliphatic rings. The van der Waals surface area contributed by atoms with Gasteiger partial charge in [0.25, 0.3) is 5.91 Å². The number of fused-ring (bicyclic) bond motifs is 1. The van der Waals surface area contributed by atoms with Crippen LogP contribution in [0.3, 0.4) is 0 Å². The van der Waals surface area contributed by atoms with Crippen LogP contribution < -0.4 is 5.32 Å². The summed E-state index contributed by atoms with van der Waals surface area (Å²) in [5.74, 6) is 0.0396. The zero-order valence-electron chi connectivity index (χ0n) is 15.2. The highest BCUT2D eigenvalue weighted by Crippen LogP contribution is 2.38. The van der Waals surface area contributed by atoms with Crippen molar-refractivity contribution in [2.75, 3.05) is 11.9 Å². The minimum atomic E-state index is -0.648. The molecule has 3 nitrogen and oxygen atoms in total. The van der Waals surface area contributed by atoms with Crippen LogP contribution in [0.15, 0.2) is 78.9 Å². The summed E-state index contributed by atoms with van der Waals surface area (Å²) in [5.41, 5.74) is 3.13. The predicted octanol–water partition coefficient (Wildman–Crippen LogP) is 5.32. The lowest BCUT2D eigenvalue weighted by Crippen LogP contribution is -2.56. The number of para-hydroxylation sites is 1. The fraction of sp³-hybridized carbons (Fsp3) is 0.174. The first-order valence-corrected chi connectivity index (χ1v) is 9.45. The van der Waals surface area contributed by atoms with Gasteiger partial charge in [0.2, 0.25) is 0 Å². The van der Waals surface area contributed by atoms with Crippen LogP contribution in [0.2, 0.25) is 5.02 Å². The normalized spacial score (nSPS) is 18.7. The number of hydrogen-bond acceptors (Lipinski definition) is 2. The second-order valence-corrected chi connectivity index (χ2v) is 7.38. The summed E-state index contributed by atoms with van der Waals surface area (Å²) < 4.78 is 0. The second kappa shape index (κ2) is 7.09. The molecule has 0 spiro atoms. The van der Waals surface area contributed by atoms with Crippen molar-refractivity contribution in [1.29, 1.82) is 0 Å². The van der Waals surface area contributed by atoms with E-state index in [1.54, 1.807) is 0 Å². The highest BCUT2D eigenvalue weighted by Gasteiger charge is 2.42. The van der Waals surface area contributed by atoms with E-state index in [4.69, 9.17) is 11.6 Å². The Hall–Kier alpha value is -2.78. The Balaban J connectivity index is 1.73. The van der Waals surface area contributed by atoms with Gasteiger partial charge in [-0.05, 0) is 48.7 Å². The Morgan fingerprint density at radius 1 is 0.926 bits per heavy atom. The molecule has 0 saturated carbocycles. The van der Waals surface area contributed by atoms with Gasteiger partial charge in [0.1, 0.15) is 5.66 Å². The van der Waals surface area contributed by atoms with Crippen molar-refractivity contribution in [2.45, 2.75) is 19.0 Å². The quantitative estimate of drug-likeness (QED) is 0.668. The Labute approximate surface area is 164 Å². The number of carbonyl (C=O) groups is 1. The third kappa shape index (κ3) is 3.31. The third-order valence-corrected chi connectivity index (χ3v) is 5.45. The SMILES string of the molecule is CC1(c2ccc(Cl)cc2)Nc2ccccc2C(=O)N1CCc1ccccc1. The molecule has 0 fully saturated rings. The number of carbonyl (C=O) groups excluding carboxylic acids is 1. The predicted molar refractivity (Wildman–Crippen MR) is 110 cm³/mol. The summed E-state index contributed by atoms with van der Waals surface area (Å²) in [5, 5.41) is 4.27. The summed E-state index contributed by atoms with van der Waals surface area (Å²) in [6.07, 6.45) is 0.791. The first-order chi connectivity index (χ1) is 13.1. The van der Waals surface area contributed by atoms with Gasteiger partial charge < -0.3 is 10.2 Å². The number of rotatable bonds is 4. The largest absolute Gasteiger partial charge is 0.358 e. The lowest BCUT2D eigenvalue weighted by atomic mass is 9.93. The highest BCUT2D eigenvalue weighted by molar-refractivity contribution is 6.30. The average molecular weight is 377 g/mol. The van der Waals surface area contributed by atoms with Crippen LogP contribution in [0.1, 0.15) is 28.4 Å².